The third kappa shape index (κ3) is 8.10. The Balaban J connectivity index is 0.00000288. The van der Waals surface area contributed by atoms with Gasteiger partial charge in [0, 0.05) is 12.3 Å². The minimum atomic E-state index is -0.974. The normalized spacial score (nSPS) is 20.8. The molecule has 1 amide bonds. The average molecular weight is 392 g/mol. The monoisotopic (exact) mass is 391 g/mol. The first kappa shape index (κ1) is 25.1. The molecule has 0 radical (unpaired) electrons. The van der Waals surface area contributed by atoms with Gasteiger partial charge < -0.3 is 22.8 Å². The molecule has 0 heterocycles. The van der Waals surface area contributed by atoms with Gasteiger partial charge in [-0.15, -0.1) is 0 Å². The van der Waals surface area contributed by atoms with Crippen LogP contribution in [0.15, 0.2) is 30.3 Å². The Morgan fingerprint density at radius 1 is 1.12 bits per heavy atom. The first-order valence-corrected chi connectivity index (χ1v) is 8.54. The van der Waals surface area contributed by atoms with Crippen molar-refractivity contribution in [2.45, 2.75) is 52.0 Å². The molecule has 0 bridgehead atoms. The second-order valence-corrected chi connectivity index (χ2v) is 6.94. The molecule has 6 heteroatoms. The van der Waals surface area contributed by atoms with E-state index < -0.39 is 12.0 Å². The predicted molar refractivity (Wildman–Crippen MR) is 90.0 cm³/mol. The zero-order valence-corrected chi connectivity index (χ0v) is 19.3. The smallest absolute Gasteiger partial charge is 1.00 e. The fourth-order valence-corrected chi connectivity index (χ4v) is 3.39. The van der Waals surface area contributed by atoms with E-state index in [1.165, 1.54) is 0 Å². The molecule has 2 rings (SSSR count). The standard InChI is InChI=1S/C19H27NO3.ClH.K/c1-13(2)15-8-10-16(11-9-15)18(21)20-17(19(22)23)12-14-6-4-3-5-7-14;;/h3-7,13,15-17H,8-12H2,1-2H3,(H,20,21)(H,22,23);1H;/q;;+1/p-1/t15-,16-,17-;;/m1../s1. The Bertz CT molecular complexity index is 531. The Kier molecular flexibility index (Phi) is 12.5. The molecular weight excluding hydrogens is 365 g/mol. The number of nitrogens with one attached hydrogen (secondary N) is 1. The van der Waals surface area contributed by atoms with Crippen molar-refractivity contribution in [2.75, 3.05) is 0 Å². The first-order chi connectivity index (χ1) is 11.0. The number of carboxylic acids is 1. The van der Waals surface area contributed by atoms with Crippen molar-refractivity contribution < 1.29 is 78.5 Å². The molecule has 0 aromatic heterocycles. The molecule has 1 aliphatic carbocycles. The van der Waals surface area contributed by atoms with E-state index >= 15 is 0 Å². The van der Waals surface area contributed by atoms with Crippen molar-refractivity contribution in [3.63, 3.8) is 0 Å². The number of benzene rings is 1. The molecule has 134 valence electrons. The fraction of sp³-hybridized carbons (Fsp3) is 0.579. The van der Waals surface area contributed by atoms with Gasteiger partial charge in [0.2, 0.25) is 5.91 Å². The minimum Gasteiger partial charge on any atom is -1.00 e. The Morgan fingerprint density at radius 3 is 2.16 bits per heavy atom. The molecule has 1 aromatic rings. The summed E-state index contributed by atoms with van der Waals surface area (Å²) in [6.07, 6.45) is 4.18. The van der Waals surface area contributed by atoms with Gasteiger partial charge in [-0.25, -0.2) is 4.79 Å². The Morgan fingerprint density at radius 2 is 1.68 bits per heavy atom. The molecule has 0 unspecified atom stereocenters. The second kappa shape index (κ2) is 12.5. The topological polar surface area (TPSA) is 66.4 Å². The van der Waals surface area contributed by atoms with Crippen molar-refractivity contribution in [2.24, 2.45) is 17.8 Å². The first-order valence-electron chi connectivity index (χ1n) is 8.54. The van der Waals surface area contributed by atoms with Crippen LogP contribution in [0.4, 0.5) is 0 Å². The minimum absolute atomic E-state index is 0. The molecule has 4 nitrogen and oxygen atoms in total. The van der Waals surface area contributed by atoms with E-state index in [0.29, 0.717) is 18.3 Å². The Hall–Kier alpha value is 0.0864. The maximum atomic E-state index is 12.4. The third-order valence-electron chi connectivity index (χ3n) is 4.98. The molecule has 1 aromatic carbocycles. The van der Waals surface area contributed by atoms with Gasteiger partial charge in [0.1, 0.15) is 6.04 Å². The van der Waals surface area contributed by atoms with Crippen LogP contribution in [-0.4, -0.2) is 23.0 Å². The number of carbonyl (C=O) groups excluding carboxylic acids is 1. The number of aliphatic carboxylic acids is 1. The summed E-state index contributed by atoms with van der Waals surface area (Å²) in [5, 5.41) is 12.1. The van der Waals surface area contributed by atoms with E-state index in [-0.39, 0.29) is 75.6 Å². The maximum Gasteiger partial charge on any atom is 1.00 e. The number of rotatable bonds is 6. The van der Waals surface area contributed by atoms with Crippen LogP contribution in [0.2, 0.25) is 0 Å². The van der Waals surface area contributed by atoms with Crippen molar-refractivity contribution in [1.29, 1.82) is 0 Å². The quantitative estimate of drug-likeness (QED) is 0.517. The number of halogens is 1. The van der Waals surface area contributed by atoms with Crippen LogP contribution in [0.1, 0.15) is 45.1 Å². The molecule has 1 saturated carbocycles. The summed E-state index contributed by atoms with van der Waals surface area (Å²) >= 11 is 0. The van der Waals surface area contributed by atoms with Gasteiger partial charge in [-0.1, -0.05) is 44.2 Å². The summed E-state index contributed by atoms with van der Waals surface area (Å²) in [5.41, 5.74) is 0.920. The molecule has 0 spiro atoms. The van der Waals surface area contributed by atoms with Gasteiger partial charge in [0.05, 0.1) is 0 Å². The average Bonchev–Trinajstić information content (AvgIpc) is 2.55. The molecule has 1 fully saturated rings. The summed E-state index contributed by atoms with van der Waals surface area (Å²) < 4.78 is 0. The van der Waals surface area contributed by atoms with Crippen LogP contribution >= 0.6 is 0 Å². The van der Waals surface area contributed by atoms with Gasteiger partial charge in [0.15, 0.2) is 0 Å². The van der Waals surface area contributed by atoms with Gasteiger partial charge >= 0.3 is 57.4 Å². The number of amides is 1. The molecule has 2 N–H and O–H groups in total. The largest absolute Gasteiger partial charge is 1.00 e. The predicted octanol–water partition coefficient (Wildman–Crippen LogP) is -2.73. The summed E-state index contributed by atoms with van der Waals surface area (Å²) in [5.74, 6) is 0.235. The maximum absolute atomic E-state index is 12.4. The summed E-state index contributed by atoms with van der Waals surface area (Å²) in [4.78, 5) is 23.9. The molecular formula is C19H27ClKNO3. The van der Waals surface area contributed by atoms with E-state index in [2.05, 4.69) is 19.2 Å². The van der Waals surface area contributed by atoms with E-state index in [1.54, 1.807) is 0 Å². The van der Waals surface area contributed by atoms with E-state index in [9.17, 15) is 14.7 Å². The van der Waals surface area contributed by atoms with Gasteiger partial charge in [0.25, 0.3) is 0 Å². The third-order valence-corrected chi connectivity index (χ3v) is 4.98. The van der Waals surface area contributed by atoms with Gasteiger partial charge in [-0.05, 0) is 43.1 Å². The summed E-state index contributed by atoms with van der Waals surface area (Å²) in [7, 11) is 0. The van der Waals surface area contributed by atoms with Crippen LogP contribution in [0.5, 0.6) is 0 Å². The molecule has 25 heavy (non-hydrogen) atoms. The van der Waals surface area contributed by atoms with Crippen molar-refractivity contribution >= 4 is 11.9 Å². The fourth-order valence-electron chi connectivity index (χ4n) is 3.39. The zero-order chi connectivity index (χ0) is 16.8. The van der Waals surface area contributed by atoms with E-state index in [0.717, 1.165) is 31.2 Å². The second-order valence-electron chi connectivity index (χ2n) is 6.94. The van der Waals surface area contributed by atoms with Crippen LogP contribution in [0.3, 0.4) is 0 Å². The van der Waals surface area contributed by atoms with Crippen LogP contribution in [-0.2, 0) is 16.0 Å². The van der Waals surface area contributed by atoms with Gasteiger partial charge in [-0.3, -0.25) is 4.79 Å². The Labute approximate surface area is 199 Å². The van der Waals surface area contributed by atoms with Gasteiger partial charge in [-0.2, -0.15) is 0 Å². The SMILES string of the molecule is CC(C)[C@H]1CC[C@H](C(=O)N[C@H](Cc2ccccc2)C(=O)O)CC1.[Cl-].[K+]. The van der Waals surface area contributed by atoms with E-state index in [1.807, 2.05) is 30.3 Å². The number of hydrogen-bond donors (Lipinski definition) is 2. The van der Waals surface area contributed by atoms with Crippen molar-refractivity contribution in [3.05, 3.63) is 35.9 Å². The van der Waals surface area contributed by atoms with Crippen LogP contribution < -0.4 is 69.1 Å². The number of hydrogen-bond acceptors (Lipinski definition) is 2. The molecule has 1 atom stereocenters. The van der Waals surface area contributed by atoms with E-state index in [4.69, 9.17) is 0 Å². The molecule has 0 saturated heterocycles. The number of carboxylic acid groups (broad SMARTS) is 1. The zero-order valence-electron chi connectivity index (χ0n) is 15.4. The van der Waals surface area contributed by atoms with Crippen LogP contribution in [0.25, 0.3) is 0 Å². The van der Waals surface area contributed by atoms with Crippen molar-refractivity contribution in [1.82, 2.24) is 5.32 Å². The summed E-state index contributed by atoms with van der Waals surface area (Å²) in [6.45, 7) is 4.46. The molecule has 0 aliphatic heterocycles. The van der Waals surface area contributed by atoms with Crippen LogP contribution in [0, 0.1) is 17.8 Å². The number of carbonyl (C=O) groups is 2. The summed E-state index contributed by atoms with van der Waals surface area (Å²) in [6, 6.07) is 8.57. The molecule has 1 aliphatic rings. The van der Waals surface area contributed by atoms with Crippen molar-refractivity contribution in [3.8, 4) is 0 Å².